The summed E-state index contributed by atoms with van der Waals surface area (Å²) >= 11 is 0. The molecule has 30 heavy (non-hydrogen) atoms. The molecule has 2 aliphatic heterocycles. The molecule has 2 aliphatic rings. The minimum absolute atomic E-state index is 0.0527. The van der Waals surface area contributed by atoms with Crippen molar-refractivity contribution in [1.82, 2.24) is 14.2 Å². The second-order valence-electron chi connectivity index (χ2n) is 7.83. The molecule has 1 aromatic heterocycles. The van der Waals surface area contributed by atoms with Crippen molar-refractivity contribution in [3.8, 4) is 0 Å². The maximum absolute atomic E-state index is 12.9. The van der Waals surface area contributed by atoms with Gasteiger partial charge in [0.25, 0.3) is 5.91 Å². The van der Waals surface area contributed by atoms with E-state index in [-0.39, 0.29) is 10.8 Å². The summed E-state index contributed by atoms with van der Waals surface area (Å²) in [6, 6.07) is 10.4. The second-order valence-corrected chi connectivity index (χ2v) is 9.77. The first-order valence-electron chi connectivity index (χ1n) is 10.6. The lowest BCUT2D eigenvalue weighted by Crippen LogP contribution is -2.48. The fourth-order valence-electron chi connectivity index (χ4n) is 4.11. The van der Waals surface area contributed by atoms with Gasteiger partial charge < -0.3 is 9.80 Å². The predicted molar refractivity (Wildman–Crippen MR) is 116 cm³/mol. The lowest BCUT2D eigenvalue weighted by atomic mass is 10.2. The Kier molecular flexibility index (Phi) is 6.34. The highest BCUT2D eigenvalue weighted by molar-refractivity contribution is 7.89. The third-order valence-corrected chi connectivity index (χ3v) is 7.81. The molecule has 160 valence electrons. The van der Waals surface area contributed by atoms with E-state index in [2.05, 4.69) is 9.88 Å². The van der Waals surface area contributed by atoms with Gasteiger partial charge in [-0.15, -0.1) is 0 Å². The van der Waals surface area contributed by atoms with Crippen LogP contribution in [0.4, 0.5) is 5.69 Å². The van der Waals surface area contributed by atoms with Gasteiger partial charge in [-0.25, -0.2) is 8.42 Å². The number of hydrogen-bond acceptors (Lipinski definition) is 5. The van der Waals surface area contributed by atoms with Gasteiger partial charge in [-0.2, -0.15) is 4.31 Å². The van der Waals surface area contributed by atoms with Gasteiger partial charge in [0.1, 0.15) is 0 Å². The number of nitrogens with zero attached hydrogens (tertiary/aromatic N) is 4. The molecule has 0 radical (unpaired) electrons. The number of hydrogen-bond donors (Lipinski definition) is 0. The highest BCUT2D eigenvalue weighted by Crippen LogP contribution is 2.22. The molecule has 1 aromatic carbocycles. The summed E-state index contributed by atoms with van der Waals surface area (Å²) in [4.78, 5) is 21.3. The van der Waals surface area contributed by atoms with E-state index in [1.165, 1.54) is 0 Å². The average molecular weight is 429 g/mol. The Bertz CT molecular complexity index is 948. The molecule has 0 N–H and O–H groups in total. The molecule has 2 aromatic rings. The van der Waals surface area contributed by atoms with E-state index in [0.29, 0.717) is 31.7 Å². The smallest absolute Gasteiger partial charge is 0.253 e. The third-order valence-electron chi connectivity index (χ3n) is 5.90. The number of carbonyl (C=O) groups excluding carboxylic acids is 1. The van der Waals surface area contributed by atoms with Gasteiger partial charge in [0.05, 0.1) is 4.90 Å². The molecule has 2 saturated heterocycles. The number of aromatic nitrogens is 1. The van der Waals surface area contributed by atoms with Crippen molar-refractivity contribution < 1.29 is 13.2 Å². The zero-order valence-electron chi connectivity index (χ0n) is 17.1. The number of carbonyl (C=O) groups is 1. The highest BCUT2D eigenvalue weighted by Gasteiger charge is 2.26. The Morgan fingerprint density at radius 1 is 0.767 bits per heavy atom. The van der Waals surface area contributed by atoms with Crippen LogP contribution in [0, 0.1) is 0 Å². The van der Waals surface area contributed by atoms with Crippen LogP contribution in [0.25, 0.3) is 0 Å². The molecular formula is C22H28N4O3S. The first-order valence-corrected chi connectivity index (χ1v) is 12.0. The van der Waals surface area contributed by atoms with E-state index in [0.717, 1.165) is 44.5 Å². The van der Waals surface area contributed by atoms with Gasteiger partial charge in [-0.1, -0.05) is 12.8 Å². The Balaban J connectivity index is 1.40. The molecule has 0 saturated carbocycles. The average Bonchev–Trinajstić information content (AvgIpc) is 3.10. The van der Waals surface area contributed by atoms with Gasteiger partial charge in [0, 0.05) is 62.9 Å². The van der Waals surface area contributed by atoms with Gasteiger partial charge in [0.15, 0.2) is 0 Å². The number of benzene rings is 1. The molecule has 0 spiro atoms. The number of sulfonamides is 1. The second kappa shape index (κ2) is 9.14. The zero-order chi connectivity index (χ0) is 21.0. The summed E-state index contributed by atoms with van der Waals surface area (Å²) in [6.45, 7) is 3.94. The fourth-order valence-corrected chi connectivity index (χ4v) is 5.62. The van der Waals surface area contributed by atoms with E-state index in [4.69, 9.17) is 0 Å². The van der Waals surface area contributed by atoms with Crippen LogP contribution in [0.2, 0.25) is 0 Å². The SMILES string of the molecule is O=C(c1ccc(S(=O)(=O)N2CCCCCC2)cc1)N1CCN(c2ccncc2)CC1. The number of piperazine rings is 1. The normalized spacial score (nSPS) is 18.8. The standard InChI is InChI=1S/C22H28N4O3S/c27-22(25-17-15-24(16-18-25)20-9-11-23-12-10-20)19-5-7-21(8-6-19)30(28,29)26-13-3-1-2-4-14-26/h5-12H,1-4,13-18H2. The molecular weight excluding hydrogens is 400 g/mol. The first kappa shape index (κ1) is 20.8. The fraction of sp³-hybridized carbons (Fsp3) is 0.455. The number of rotatable bonds is 4. The van der Waals surface area contributed by atoms with E-state index in [1.807, 2.05) is 17.0 Å². The summed E-state index contributed by atoms with van der Waals surface area (Å²) < 4.78 is 27.4. The van der Waals surface area contributed by atoms with Crippen LogP contribution in [0.1, 0.15) is 36.0 Å². The topological polar surface area (TPSA) is 73.8 Å². The van der Waals surface area contributed by atoms with Crippen LogP contribution in [0.5, 0.6) is 0 Å². The minimum Gasteiger partial charge on any atom is -0.368 e. The van der Waals surface area contributed by atoms with Crippen LogP contribution >= 0.6 is 0 Å². The molecule has 2 fully saturated rings. The summed E-state index contributed by atoms with van der Waals surface area (Å²) in [5, 5.41) is 0. The molecule has 0 unspecified atom stereocenters. The molecule has 4 rings (SSSR count). The molecule has 3 heterocycles. The van der Waals surface area contributed by atoms with E-state index in [9.17, 15) is 13.2 Å². The third kappa shape index (κ3) is 4.49. The number of pyridine rings is 1. The Hall–Kier alpha value is -2.45. The largest absolute Gasteiger partial charge is 0.368 e. The Morgan fingerprint density at radius 3 is 1.97 bits per heavy atom. The lowest BCUT2D eigenvalue weighted by Gasteiger charge is -2.36. The van der Waals surface area contributed by atoms with E-state index >= 15 is 0 Å². The molecule has 0 atom stereocenters. The molecule has 1 amide bonds. The number of amides is 1. The van der Waals surface area contributed by atoms with Crippen molar-refractivity contribution in [2.75, 3.05) is 44.2 Å². The van der Waals surface area contributed by atoms with Gasteiger partial charge in [0.2, 0.25) is 10.0 Å². The summed E-state index contributed by atoms with van der Waals surface area (Å²) in [7, 11) is -3.49. The Morgan fingerprint density at radius 2 is 1.37 bits per heavy atom. The predicted octanol–water partition coefficient (Wildman–Crippen LogP) is 2.61. The molecule has 0 aliphatic carbocycles. The van der Waals surface area contributed by atoms with Crippen molar-refractivity contribution in [3.05, 3.63) is 54.4 Å². The highest BCUT2D eigenvalue weighted by atomic mass is 32.2. The van der Waals surface area contributed by atoms with Crippen molar-refractivity contribution >= 4 is 21.6 Å². The van der Waals surface area contributed by atoms with Crippen molar-refractivity contribution in [2.24, 2.45) is 0 Å². The monoisotopic (exact) mass is 428 g/mol. The molecule has 7 nitrogen and oxygen atoms in total. The van der Waals surface area contributed by atoms with Crippen LogP contribution in [-0.4, -0.2) is 67.8 Å². The Labute approximate surface area is 178 Å². The van der Waals surface area contributed by atoms with E-state index in [1.54, 1.807) is 41.0 Å². The zero-order valence-corrected chi connectivity index (χ0v) is 17.9. The van der Waals surface area contributed by atoms with Gasteiger partial charge in [-0.05, 0) is 49.2 Å². The maximum atomic E-state index is 12.9. The number of anilines is 1. The van der Waals surface area contributed by atoms with Crippen molar-refractivity contribution in [1.29, 1.82) is 0 Å². The molecule has 8 heteroatoms. The quantitative estimate of drug-likeness (QED) is 0.748. The van der Waals surface area contributed by atoms with Crippen LogP contribution in [0.3, 0.4) is 0 Å². The first-order chi connectivity index (χ1) is 14.6. The van der Waals surface area contributed by atoms with Crippen LogP contribution in [0.15, 0.2) is 53.7 Å². The minimum atomic E-state index is -3.49. The van der Waals surface area contributed by atoms with Crippen LogP contribution in [-0.2, 0) is 10.0 Å². The van der Waals surface area contributed by atoms with Gasteiger partial charge in [-0.3, -0.25) is 9.78 Å². The van der Waals surface area contributed by atoms with Crippen LogP contribution < -0.4 is 4.90 Å². The molecule has 0 bridgehead atoms. The van der Waals surface area contributed by atoms with Crippen molar-refractivity contribution in [2.45, 2.75) is 30.6 Å². The summed E-state index contributed by atoms with van der Waals surface area (Å²) in [6.07, 6.45) is 7.51. The van der Waals surface area contributed by atoms with Gasteiger partial charge >= 0.3 is 0 Å². The van der Waals surface area contributed by atoms with E-state index < -0.39 is 10.0 Å². The maximum Gasteiger partial charge on any atom is 0.253 e. The van der Waals surface area contributed by atoms with Crippen molar-refractivity contribution in [3.63, 3.8) is 0 Å². The summed E-state index contributed by atoms with van der Waals surface area (Å²) in [5.74, 6) is -0.0527. The summed E-state index contributed by atoms with van der Waals surface area (Å²) in [5.41, 5.74) is 1.64. The lowest BCUT2D eigenvalue weighted by molar-refractivity contribution is 0.0746.